The first kappa shape index (κ1) is 12.7. The molecule has 0 aliphatic rings. The highest BCUT2D eigenvalue weighted by Crippen LogP contribution is 2.12. The Labute approximate surface area is 97.2 Å². The Bertz CT molecular complexity index is 374. The van der Waals surface area contributed by atoms with Gasteiger partial charge >= 0.3 is 0 Å². The Morgan fingerprint density at radius 3 is 2.69 bits per heavy atom. The minimum absolute atomic E-state index is 0.0188. The molecule has 88 valence electrons. The van der Waals surface area contributed by atoms with E-state index in [-0.39, 0.29) is 11.9 Å². The molecular formula is C13H20N2O. The van der Waals surface area contributed by atoms with E-state index in [4.69, 9.17) is 0 Å². The SMILES string of the molecule is CNC(=O)[C@@H](C)NCc1cccc(C)c1C. The zero-order chi connectivity index (χ0) is 12.1. The Morgan fingerprint density at radius 2 is 2.06 bits per heavy atom. The smallest absolute Gasteiger partial charge is 0.236 e. The van der Waals surface area contributed by atoms with Gasteiger partial charge in [0.15, 0.2) is 0 Å². The molecule has 1 atom stereocenters. The van der Waals surface area contributed by atoms with Gasteiger partial charge in [-0.3, -0.25) is 4.79 Å². The molecule has 0 heterocycles. The Balaban J connectivity index is 2.61. The van der Waals surface area contributed by atoms with Crippen molar-refractivity contribution in [1.82, 2.24) is 10.6 Å². The van der Waals surface area contributed by atoms with E-state index in [9.17, 15) is 4.79 Å². The fraction of sp³-hybridized carbons (Fsp3) is 0.462. The quantitative estimate of drug-likeness (QED) is 0.808. The maximum atomic E-state index is 11.3. The van der Waals surface area contributed by atoms with Crippen LogP contribution in [0.1, 0.15) is 23.6 Å². The molecule has 0 saturated carbocycles. The molecule has 0 bridgehead atoms. The zero-order valence-corrected chi connectivity index (χ0v) is 10.4. The average Bonchev–Trinajstić information content (AvgIpc) is 2.29. The summed E-state index contributed by atoms with van der Waals surface area (Å²) in [6.45, 7) is 6.80. The van der Waals surface area contributed by atoms with Gasteiger partial charge in [-0.15, -0.1) is 0 Å². The van der Waals surface area contributed by atoms with E-state index in [2.05, 4.69) is 36.6 Å². The molecule has 0 fully saturated rings. The second kappa shape index (κ2) is 5.66. The zero-order valence-electron chi connectivity index (χ0n) is 10.4. The van der Waals surface area contributed by atoms with Crippen LogP contribution >= 0.6 is 0 Å². The maximum absolute atomic E-state index is 11.3. The van der Waals surface area contributed by atoms with Crippen molar-refractivity contribution >= 4 is 5.91 Å². The minimum Gasteiger partial charge on any atom is -0.358 e. The van der Waals surface area contributed by atoms with E-state index >= 15 is 0 Å². The van der Waals surface area contributed by atoms with Crippen molar-refractivity contribution in [2.75, 3.05) is 7.05 Å². The van der Waals surface area contributed by atoms with Crippen molar-refractivity contribution < 1.29 is 4.79 Å². The summed E-state index contributed by atoms with van der Waals surface area (Å²) >= 11 is 0. The van der Waals surface area contributed by atoms with Gasteiger partial charge in [-0.25, -0.2) is 0 Å². The van der Waals surface area contributed by atoms with E-state index in [1.54, 1.807) is 7.05 Å². The molecule has 1 aromatic rings. The third-order valence-corrected chi connectivity index (χ3v) is 2.96. The van der Waals surface area contributed by atoms with Crippen molar-refractivity contribution in [1.29, 1.82) is 0 Å². The Kier molecular flexibility index (Phi) is 4.50. The summed E-state index contributed by atoms with van der Waals surface area (Å²) in [5.41, 5.74) is 3.82. The molecule has 1 rings (SSSR count). The van der Waals surface area contributed by atoms with Gasteiger partial charge in [-0.2, -0.15) is 0 Å². The van der Waals surface area contributed by atoms with E-state index in [0.29, 0.717) is 0 Å². The van der Waals surface area contributed by atoms with E-state index < -0.39 is 0 Å². The molecule has 0 aliphatic carbocycles. The first-order chi connectivity index (χ1) is 7.56. The van der Waals surface area contributed by atoms with Crippen molar-refractivity contribution in [3.63, 3.8) is 0 Å². The lowest BCUT2D eigenvalue weighted by Gasteiger charge is -2.14. The highest BCUT2D eigenvalue weighted by molar-refractivity contribution is 5.80. The molecule has 2 N–H and O–H groups in total. The predicted octanol–water partition coefficient (Wildman–Crippen LogP) is 1.53. The Morgan fingerprint density at radius 1 is 1.38 bits per heavy atom. The number of carbonyl (C=O) groups is 1. The molecule has 3 nitrogen and oxygen atoms in total. The lowest BCUT2D eigenvalue weighted by molar-refractivity contribution is -0.122. The van der Waals surface area contributed by atoms with Gasteiger partial charge in [0.05, 0.1) is 6.04 Å². The first-order valence-electron chi connectivity index (χ1n) is 5.56. The summed E-state index contributed by atoms with van der Waals surface area (Å²) in [7, 11) is 1.65. The number of hydrogen-bond acceptors (Lipinski definition) is 2. The summed E-state index contributed by atoms with van der Waals surface area (Å²) in [5.74, 6) is 0.0188. The second-order valence-corrected chi connectivity index (χ2v) is 4.08. The number of amides is 1. The molecule has 16 heavy (non-hydrogen) atoms. The molecule has 0 radical (unpaired) electrons. The minimum atomic E-state index is -0.162. The number of benzene rings is 1. The Hall–Kier alpha value is -1.35. The largest absolute Gasteiger partial charge is 0.358 e. The van der Waals surface area contributed by atoms with Gasteiger partial charge in [-0.1, -0.05) is 18.2 Å². The molecule has 0 unspecified atom stereocenters. The van der Waals surface area contributed by atoms with E-state index in [1.165, 1.54) is 16.7 Å². The summed E-state index contributed by atoms with van der Waals surface area (Å²) in [4.78, 5) is 11.3. The third kappa shape index (κ3) is 3.07. The van der Waals surface area contributed by atoms with Crippen LogP contribution < -0.4 is 10.6 Å². The van der Waals surface area contributed by atoms with E-state index in [0.717, 1.165) is 6.54 Å². The molecule has 1 amide bonds. The highest BCUT2D eigenvalue weighted by atomic mass is 16.2. The van der Waals surface area contributed by atoms with E-state index in [1.807, 2.05) is 13.0 Å². The number of likely N-dealkylation sites (N-methyl/N-ethyl adjacent to an activating group) is 1. The van der Waals surface area contributed by atoms with Gasteiger partial charge in [0, 0.05) is 13.6 Å². The molecular weight excluding hydrogens is 200 g/mol. The molecule has 0 aliphatic heterocycles. The predicted molar refractivity (Wildman–Crippen MR) is 66.3 cm³/mol. The van der Waals surface area contributed by atoms with Crippen LogP contribution in [0.5, 0.6) is 0 Å². The van der Waals surface area contributed by atoms with Crippen molar-refractivity contribution in [3.05, 3.63) is 34.9 Å². The van der Waals surface area contributed by atoms with Crippen LogP contribution in [0.2, 0.25) is 0 Å². The van der Waals surface area contributed by atoms with Crippen LogP contribution in [-0.4, -0.2) is 19.0 Å². The normalized spacial score (nSPS) is 12.2. The number of rotatable bonds is 4. The fourth-order valence-electron chi connectivity index (χ4n) is 1.58. The number of hydrogen-bond donors (Lipinski definition) is 2. The van der Waals surface area contributed by atoms with Crippen LogP contribution in [0.3, 0.4) is 0 Å². The lowest BCUT2D eigenvalue weighted by atomic mass is 10.0. The van der Waals surface area contributed by atoms with Gasteiger partial charge in [-0.05, 0) is 37.5 Å². The topological polar surface area (TPSA) is 41.1 Å². The van der Waals surface area contributed by atoms with Gasteiger partial charge < -0.3 is 10.6 Å². The number of aryl methyl sites for hydroxylation is 1. The molecule has 0 spiro atoms. The summed E-state index contributed by atoms with van der Waals surface area (Å²) < 4.78 is 0. The van der Waals surface area contributed by atoms with Crippen LogP contribution in [-0.2, 0) is 11.3 Å². The summed E-state index contributed by atoms with van der Waals surface area (Å²) in [6.07, 6.45) is 0. The summed E-state index contributed by atoms with van der Waals surface area (Å²) in [6, 6.07) is 6.07. The van der Waals surface area contributed by atoms with Gasteiger partial charge in [0.2, 0.25) is 5.91 Å². The first-order valence-corrected chi connectivity index (χ1v) is 5.56. The van der Waals surface area contributed by atoms with Gasteiger partial charge in [0.1, 0.15) is 0 Å². The molecule has 3 heteroatoms. The van der Waals surface area contributed by atoms with Crippen LogP contribution in [0.4, 0.5) is 0 Å². The monoisotopic (exact) mass is 220 g/mol. The maximum Gasteiger partial charge on any atom is 0.236 e. The number of carbonyl (C=O) groups excluding carboxylic acids is 1. The van der Waals surface area contributed by atoms with Crippen molar-refractivity contribution in [2.45, 2.75) is 33.4 Å². The fourth-order valence-corrected chi connectivity index (χ4v) is 1.58. The van der Waals surface area contributed by atoms with Crippen LogP contribution in [0, 0.1) is 13.8 Å². The van der Waals surface area contributed by atoms with Gasteiger partial charge in [0.25, 0.3) is 0 Å². The third-order valence-electron chi connectivity index (χ3n) is 2.96. The van der Waals surface area contributed by atoms with Crippen molar-refractivity contribution in [3.8, 4) is 0 Å². The lowest BCUT2D eigenvalue weighted by Crippen LogP contribution is -2.40. The van der Waals surface area contributed by atoms with Crippen LogP contribution in [0.15, 0.2) is 18.2 Å². The molecule has 1 aromatic carbocycles. The second-order valence-electron chi connectivity index (χ2n) is 4.08. The number of nitrogens with one attached hydrogen (secondary N) is 2. The summed E-state index contributed by atoms with van der Waals surface area (Å²) in [5, 5.41) is 5.83. The van der Waals surface area contributed by atoms with Crippen molar-refractivity contribution in [2.24, 2.45) is 0 Å². The van der Waals surface area contributed by atoms with Crippen LogP contribution in [0.25, 0.3) is 0 Å². The standard InChI is InChI=1S/C13H20N2O/c1-9-6-5-7-12(10(9)2)8-15-11(3)13(16)14-4/h5-7,11,15H,8H2,1-4H3,(H,14,16)/t11-/m1/s1. The molecule has 0 aromatic heterocycles. The molecule has 0 saturated heterocycles. The average molecular weight is 220 g/mol. The highest BCUT2D eigenvalue weighted by Gasteiger charge is 2.10.